The highest BCUT2D eigenvalue weighted by Crippen LogP contribution is 2.20. The van der Waals surface area contributed by atoms with Crippen molar-refractivity contribution in [2.75, 3.05) is 13.2 Å². The Labute approximate surface area is 65.2 Å². The molecular weight excluding hydrogens is 146 g/mol. The third-order valence-corrected chi connectivity index (χ3v) is 1.90. The molecule has 1 aliphatic rings. The van der Waals surface area contributed by atoms with Crippen LogP contribution < -0.4 is 5.32 Å². The SMILES string of the molecule is O=C1CC(O)(CCCO)CN1. The van der Waals surface area contributed by atoms with Gasteiger partial charge >= 0.3 is 0 Å². The van der Waals surface area contributed by atoms with Gasteiger partial charge in [-0.1, -0.05) is 0 Å². The molecule has 0 aromatic carbocycles. The predicted octanol–water partition coefficient (Wildman–Crippen LogP) is -0.990. The van der Waals surface area contributed by atoms with Gasteiger partial charge in [0.15, 0.2) is 0 Å². The Morgan fingerprint density at radius 1 is 1.64 bits per heavy atom. The van der Waals surface area contributed by atoms with E-state index in [1.54, 1.807) is 0 Å². The first-order chi connectivity index (χ1) is 5.16. The first-order valence-electron chi connectivity index (χ1n) is 3.76. The van der Waals surface area contributed by atoms with Crippen molar-refractivity contribution < 1.29 is 15.0 Å². The normalized spacial score (nSPS) is 30.5. The smallest absolute Gasteiger partial charge is 0.223 e. The topological polar surface area (TPSA) is 69.6 Å². The molecular formula is C7H13NO3. The number of nitrogens with one attached hydrogen (secondary N) is 1. The lowest BCUT2D eigenvalue weighted by Crippen LogP contribution is -2.31. The van der Waals surface area contributed by atoms with Crippen LogP contribution in [0.25, 0.3) is 0 Å². The van der Waals surface area contributed by atoms with Gasteiger partial charge in [-0.25, -0.2) is 0 Å². The Morgan fingerprint density at radius 3 is 2.82 bits per heavy atom. The van der Waals surface area contributed by atoms with Crippen LogP contribution in [0.3, 0.4) is 0 Å². The predicted molar refractivity (Wildman–Crippen MR) is 38.9 cm³/mol. The zero-order chi connectivity index (χ0) is 8.32. The van der Waals surface area contributed by atoms with Crippen LogP contribution in [0.2, 0.25) is 0 Å². The third-order valence-electron chi connectivity index (χ3n) is 1.90. The number of aliphatic hydroxyl groups excluding tert-OH is 1. The van der Waals surface area contributed by atoms with Crippen LogP contribution in [0.5, 0.6) is 0 Å². The number of carbonyl (C=O) groups is 1. The van der Waals surface area contributed by atoms with Crippen molar-refractivity contribution in [1.82, 2.24) is 5.32 Å². The molecule has 0 bridgehead atoms. The summed E-state index contributed by atoms with van der Waals surface area (Å²) in [6.45, 7) is 0.391. The van der Waals surface area contributed by atoms with Crippen molar-refractivity contribution in [3.63, 3.8) is 0 Å². The Balaban J connectivity index is 2.35. The summed E-state index contributed by atoms with van der Waals surface area (Å²) in [6, 6.07) is 0. The molecule has 1 aliphatic heterocycles. The molecule has 0 aromatic rings. The molecule has 1 saturated heterocycles. The zero-order valence-corrected chi connectivity index (χ0v) is 6.34. The fraction of sp³-hybridized carbons (Fsp3) is 0.857. The molecule has 1 unspecified atom stereocenters. The van der Waals surface area contributed by atoms with Crippen LogP contribution in [0.15, 0.2) is 0 Å². The first-order valence-corrected chi connectivity index (χ1v) is 3.76. The maximum absolute atomic E-state index is 10.7. The van der Waals surface area contributed by atoms with E-state index < -0.39 is 5.60 Å². The van der Waals surface area contributed by atoms with Crippen molar-refractivity contribution in [3.05, 3.63) is 0 Å². The summed E-state index contributed by atoms with van der Waals surface area (Å²) < 4.78 is 0. The molecule has 11 heavy (non-hydrogen) atoms. The lowest BCUT2D eigenvalue weighted by Gasteiger charge is -2.18. The summed E-state index contributed by atoms with van der Waals surface area (Å²) in [5, 5.41) is 20.6. The Hall–Kier alpha value is -0.610. The minimum Gasteiger partial charge on any atom is -0.396 e. The summed E-state index contributed by atoms with van der Waals surface area (Å²) in [6.07, 6.45) is 1.21. The van der Waals surface area contributed by atoms with Crippen LogP contribution in [0, 0.1) is 0 Å². The summed E-state index contributed by atoms with van der Waals surface area (Å²) in [5.41, 5.74) is -0.903. The number of aliphatic hydroxyl groups is 2. The van der Waals surface area contributed by atoms with E-state index in [4.69, 9.17) is 5.11 Å². The minimum atomic E-state index is -0.903. The standard InChI is InChI=1S/C7H13NO3/c9-3-1-2-7(11)4-6(10)8-5-7/h9,11H,1-5H2,(H,8,10). The number of hydrogen-bond acceptors (Lipinski definition) is 3. The molecule has 0 radical (unpaired) electrons. The van der Waals surface area contributed by atoms with Crippen LogP contribution in [0.1, 0.15) is 19.3 Å². The average Bonchev–Trinajstić information content (AvgIpc) is 2.28. The lowest BCUT2D eigenvalue weighted by atomic mass is 9.97. The molecule has 0 spiro atoms. The number of β-amino-alcohol motifs (C(OH)–C–C–N with tert-alkyl or cyclic N) is 1. The summed E-state index contributed by atoms with van der Waals surface area (Å²) >= 11 is 0. The fourth-order valence-electron chi connectivity index (χ4n) is 1.27. The van der Waals surface area contributed by atoms with E-state index in [1.807, 2.05) is 0 Å². The van der Waals surface area contributed by atoms with Gasteiger partial charge in [0.2, 0.25) is 5.91 Å². The molecule has 1 rings (SSSR count). The molecule has 3 N–H and O–H groups in total. The molecule has 1 fully saturated rings. The highest BCUT2D eigenvalue weighted by Gasteiger charge is 2.35. The summed E-state index contributed by atoms with van der Waals surface area (Å²) in [4.78, 5) is 10.7. The van der Waals surface area contributed by atoms with Gasteiger partial charge in [-0.15, -0.1) is 0 Å². The maximum atomic E-state index is 10.7. The van der Waals surface area contributed by atoms with Crippen LogP contribution in [-0.4, -0.2) is 34.9 Å². The summed E-state index contributed by atoms with van der Waals surface area (Å²) in [5.74, 6) is -0.106. The number of amides is 1. The molecule has 1 heterocycles. The van der Waals surface area contributed by atoms with Gasteiger partial charge in [-0.05, 0) is 12.8 Å². The zero-order valence-electron chi connectivity index (χ0n) is 6.34. The van der Waals surface area contributed by atoms with Gasteiger partial charge in [0.05, 0.1) is 12.0 Å². The Bertz CT molecular complexity index is 160. The first kappa shape index (κ1) is 8.49. The second kappa shape index (κ2) is 3.19. The van der Waals surface area contributed by atoms with Crippen LogP contribution >= 0.6 is 0 Å². The van der Waals surface area contributed by atoms with E-state index in [-0.39, 0.29) is 18.9 Å². The largest absolute Gasteiger partial charge is 0.396 e. The molecule has 64 valence electrons. The Morgan fingerprint density at radius 2 is 2.36 bits per heavy atom. The average molecular weight is 159 g/mol. The van der Waals surface area contributed by atoms with Gasteiger partial charge < -0.3 is 15.5 Å². The molecule has 4 heteroatoms. The fourth-order valence-corrected chi connectivity index (χ4v) is 1.27. The van der Waals surface area contributed by atoms with Crippen molar-refractivity contribution in [3.8, 4) is 0 Å². The second-order valence-corrected chi connectivity index (χ2v) is 3.01. The van der Waals surface area contributed by atoms with E-state index in [0.717, 1.165) is 0 Å². The van der Waals surface area contributed by atoms with Crippen LogP contribution in [0.4, 0.5) is 0 Å². The van der Waals surface area contributed by atoms with Crippen molar-refractivity contribution in [2.24, 2.45) is 0 Å². The van der Waals surface area contributed by atoms with E-state index in [0.29, 0.717) is 19.4 Å². The molecule has 1 atom stereocenters. The highest BCUT2D eigenvalue weighted by molar-refractivity contribution is 5.79. The summed E-state index contributed by atoms with van der Waals surface area (Å²) in [7, 11) is 0. The molecule has 0 aromatic heterocycles. The number of carbonyl (C=O) groups excluding carboxylic acids is 1. The number of rotatable bonds is 3. The maximum Gasteiger partial charge on any atom is 0.223 e. The molecule has 0 aliphatic carbocycles. The third kappa shape index (κ3) is 2.17. The monoisotopic (exact) mass is 159 g/mol. The van der Waals surface area contributed by atoms with E-state index in [9.17, 15) is 9.90 Å². The molecule has 1 amide bonds. The van der Waals surface area contributed by atoms with E-state index in [2.05, 4.69) is 5.32 Å². The highest BCUT2D eigenvalue weighted by atomic mass is 16.3. The second-order valence-electron chi connectivity index (χ2n) is 3.01. The molecule has 0 saturated carbocycles. The number of hydrogen-bond donors (Lipinski definition) is 3. The van der Waals surface area contributed by atoms with Crippen molar-refractivity contribution in [1.29, 1.82) is 0 Å². The quantitative estimate of drug-likeness (QED) is 0.495. The Kier molecular flexibility index (Phi) is 2.46. The van der Waals surface area contributed by atoms with E-state index in [1.165, 1.54) is 0 Å². The van der Waals surface area contributed by atoms with Crippen molar-refractivity contribution in [2.45, 2.75) is 24.9 Å². The van der Waals surface area contributed by atoms with Crippen LogP contribution in [-0.2, 0) is 4.79 Å². The van der Waals surface area contributed by atoms with Gasteiger partial charge in [0, 0.05) is 13.2 Å². The minimum absolute atomic E-state index is 0.0660. The molecule has 4 nitrogen and oxygen atoms in total. The lowest BCUT2D eigenvalue weighted by molar-refractivity contribution is -0.120. The van der Waals surface area contributed by atoms with Gasteiger partial charge in [-0.3, -0.25) is 4.79 Å². The van der Waals surface area contributed by atoms with E-state index >= 15 is 0 Å². The van der Waals surface area contributed by atoms with Gasteiger partial charge in [0.1, 0.15) is 0 Å². The van der Waals surface area contributed by atoms with Gasteiger partial charge in [-0.2, -0.15) is 0 Å². The van der Waals surface area contributed by atoms with Crippen molar-refractivity contribution >= 4 is 5.91 Å². The van der Waals surface area contributed by atoms with Gasteiger partial charge in [0.25, 0.3) is 0 Å².